The lowest BCUT2D eigenvalue weighted by atomic mass is 9.85. The minimum atomic E-state index is -3.88. The van der Waals surface area contributed by atoms with Crippen LogP contribution in [-0.2, 0) is 24.4 Å². The van der Waals surface area contributed by atoms with Crippen LogP contribution < -0.4 is 24.8 Å². The molecule has 1 aliphatic heterocycles. The molecule has 6 rings (SSSR count). The van der Waals surface area contributed by atoms with Crippen molar-refractivity contribution in [2.45, 2.75) is 89.3 Å². The topological polar surface area (TPSA) is 169 Å². The molecule has 52 heavy (non-hydrogen) atoms. The van der Waals surface area contributed by atoms with Gasteiger partial charge in [-0.15, -0.1) is 6.58 Å². The smallest absolute Gasteiger partial charge is 0.259 e. The summed E-state index contributed by atoms with van der Waals surface area (Å²) < 4.78 is 39.6. The zero-order chi connectivity index (χ0) is 37.7. The summed E-state index contributed by atoms with van der Waals surface area (Å²) in [6, 6.07) is 7.08. The van der Waals surface area contributed by atoms with Gasteiger partial charge >= 0.3 is 0 Å². The number of aromatic nitrogens is 2. The van der Waals surface area contributed by atoms with E-state index in [0.29, 0.717) is 34.7 Å². The number of halogens is 1. The minimum absolute atomic E-state index is 0.0233. The number of benzene rings is 1. The maximum absolute atomic E-state index is 14.7. The first-order valence-corrected chi connectivity index (χ1v) is 19.2. The fraction of sp³-hybridized carbons (Fsp3) is 0.486. The molecule has 3 heterocycles. The van der Waals surface area contributed by atoms with Crippen molar-refractivity contribution in [3.63, 3.8) is 0 Å². The summed E-state index contributed by atoms with van der Waals surface area (Å²) in [5.74, 6) is -1.50. The van der Waals surface area contributed by atoms with Gasteiger partial charge in [-0.2, -0.15) is 0 Å². The number of ether oxygens (including phenoxy) is 2. The highest BCUT2D eigenvalue weighted by Gasteiger charge is 2.62. The summed E-state index contributed by atoms with van der Waals surface area (Å²) in [6.45, 7) is 13.3. The number of likely N-dealkylation sites (tertiary alicyclic amines) is 1. The Hall–Kier alpha value is -4.43. The molecule has 3 aromatic rings. The van der Waals surface area contributed by atoms with Crippen molar-refractivity contribution in [2.75, 3.05) is 19.0 Å². The first-order valence-electron chi connectivity index (χ1n) is 17.3. The highest BCUT2D eigenvalue weighted by Crippen LogP contribution is 2.46. The predicted octanol–water partition coefficient (Wildman–Crippen LogP) is 4.45. The third kappa shape index (κ3) is 7.54. The molecule has 0 radical (unpaired) electrons. The zero-order valence-corrected chi connectivity index (χ0v) is 31.7. The van der Waals surface area contributed by atoms with Crippen LogP contribution in [0.3, 0.4) is 0 Å². The van der Waals surface area contributed by atoms with Crippen LogP contribution in [0.25, 0.3) is 10.8 Å². The quantitative estimate of drug-likeness (QED) is 0.225. The Bertz CT molecular complexity index is 2030. The van der Waals surface area contributed by atoms with E-state index >= 15 is 0 Å². The largest absolute Gasteiger partial charge is 0.494 e. The molecule has 3 fully saturated rings. The van der Waals surface area contributed by atoms with E-state index in [1.54, 1.807) is 18.2 Å². The Kier molecular flexibility index (Phi) is 9.94. The summed E-state index contributed by atoms with van der Waals surface area (Å²) in [5, 5.41) is 7.38. The van der Waals surface area contributed by atoms with E-state index in [-0.39, 0.29) is 31.2 Å². The molecule has 2 aliphatic carbocycles. The van der Waals surface area contributed by atoms with Crippen LogP contribution in [0.5, 0.6) is 11.6 Å². The Balaban J connectivity index is 1.33. The monoisotopic (exact) mass is 752 g/mol. The van der Waals surface area contributed by atoms with Crippen LogP contribution >= 0.6 is 11.6 Å². The van der Waals surface area contributed by atoms with Crippen molar-refractivity contribution in [1.29, 1.82) is 0 Å². The van der Waals surface area contributed by atoms with Crippen LogP contribution in [0.1, 0.15) is 57.8 Å². The van der Waals surface area contributed by atoms with E-state index in [4.69, 9.17) is 21.1 Å². The number of hydrogen-bond acceptors (Lipinski definition) is 10. The lowest BCUT2D eigenvalue weighted by molar-refractivity contribution is -0.141. The average molecular weight is 753 g/mol. The number of nitrogens with one attached hydrogen (secondary N) is 3. The van der Waals surface area contributed by atoms with Crippen molar-refractivity contribution in [3.8, 4) is 11.6 Å². The molecule has 0 unspecified atom stereocenters. The van der Waals surface area contributed by atoms with E-state index in [2.05, 4.69) is 31.9 Å². The van der Waals surface area contributed by atoms with E-state index in [0.717, 1.165) is 16.8 Å². The van der Waals surface area contributed by atoms with Gasteiger partial charge in [-0.1, -0.05) is 38.4 Å². The molecule has 0 bridgehead atoms. The molecule has 278 valence electrons. The number of fused-ring (bicyclic) bond motifs is 1. The van der Waals surface area contributed by atoms with Gasteiger partial charge in [0.1, 0.15) is 29.5 Å². The highest BCUT2D eigenvalue weighted by molar-refractivity contribution is 7.91. The summed E-state index contributed by atoms with van der Waals surface area (Å²) in [7, 11) is -2.34. The van der Waals surface area contributed by atoms with Gasteiger partial charge < -0.3 is 25.0 Å². The average Bonchev–Trinajstić information content (AvgIpc) is 3.99. The number of sulfonamides is 1. The number of carbonyl (C=O) groups is 3. The number of amides is 3. The number of carbonyl (C=O) groups excluding carboxylic acids is 3. The van der Waals surface area contributed by atoms with Crippen LogP contribution in [0.15, 0.2) is 49.2 Å². The Morgan fingerprint density at radius 1 is 1.12 bits per heavy atom. The second-order valence-electron chi connectivity index (χ2n) is 15.1. The number of rotatable bonds is 12. The molecule has 13 nitrogen and oxygen atoms in total. The van der Waals surface area contributed by atoms with Crippen molar-refractivity contribution in [1.82, 2.24) is 24.9 Å². The molecule has 5 atom stereocenters. The third-order valence-electron chi connectivity index (χ3n) is 9.88. The third-order valence-corrected chi connectivity index (χ3v) is 11.9. The molecule has 1 saturated heterocycles. The number of nitrogens with zero attached hydrogens (tertiary/aromatic N) is 3. The molecule has 0 spiro atoms. The van der Waals surface area contributed by atoms with Crippen LogP contribution in [0.2, 0.25) is 5.02 Å². The molecule has 15 heteroatoms. The maximum atomic E-state index is 14.7. The normalized spacial score (nSPS) is 23.4. The van der Waals surface area contributed by atoms with Gasteiger partial charge in [0.25, 0.3) is 5.91 Å². The van der Waals surface area contributed by atoms with Crippen molar-refractivity contribution >= 4 is 55.8 Å². The Morgan fingerprint density at radius 2 is 1.81 bits per heavy atom. The number of anilines is 1. The minimum Gasteiger partial charge on any atom is -0.494 e. The Morgan fingerprint density at radius 3 is 2.40 bits per heavy atom. The molecule has 3 amide bonds. The Labute approximate surface area is 308 Å². The summed E-state index contributed by atoms with van der Waals surface area (Å²) in [4.78, 5) is 53.0. The van der Waals surface area contributed by atoms with Crippen molar-refractivity contribution < 1.29 is 32.3 Å². The SMILES string of the molecule is C=C[C@@H]1C[C@]1(NC(=O)[C@@H]1C[C@@H](Oc2ncc(OC)c3ccc(Cl)cc23)CN1C(=O)[C@H](Nc1cc(C)nc(C)c1)C(C)(C)C)C(=O)NS(=O)(=O)C1CC1. The predicted molar refractivity (Wildman–Crippen MR) is 198 cm³/mol. The molecule has 3 aliphatic rings. The summed E-state index contributed by atoms with van der Waals surface area (Å²) in [6.07, 6.45) is 3.55. The first kappa shape index (κ1) is 37.3. The second-order valence-corrected chi connectivity index (χ2v) is 17.5. The van der Waals surface area contributed by atoms with Gasteiger partial charge in [0.15, 0.2) is 0 Å². The van der Waals surface area contributed by atoms with Gasteiger partial charge in [0.05, 0.1) is 25.1 Å². The van der Waals surface area contributed by atoms with E-state index in [1.807, 2.05) is 46.8 Å². The molecule has 2 aromatic heterocycles. The van der Waals surface area contributed by atoms with Crippen molar-refractivity contribution in [3.05, 3.63) is 65.6 Å². The zero-order valence-electron chi connectivity index (χ0n) is 30.2. The fourth-order valence-electron chi connectivity index (χ4n) is 6.87. The number of methoxy groups -OCH3 is 1. The lowest BCUT2D eigenvalue weighted by Gasteiger charge is -2.36. The van der Waals surface area contributed by atoms with Gasteiger partial charge in [-0.25, -0.2) is 13.4 Å². The number of hydrogen-bond donors (Lipinski definition) is 3. The van der Waals surface area contributed by atoms with Crippen LogP contribution in [0, 0.1) is 25.2 Å². The molecular formula is C37H45ClN6O7S. The van der Waals surface area contributed by atoms with Crippen LogP contribution in [0.4, 0.5) is 5.69 Å². The maximum Gasteiger partial charge on any atom is 0.259 e. The molecule has 1 aromatic carbocycles. The van der Waals surface area contributed by atoms with Gasteiger partial charge in [-0.3, -0.25) is 24.1 Å². The summed E-state index contributed by atoms with van der Waals surface area (Å²) >= 11 is 6.36. The van der Waals surface area contributed by atoms with Gasteiger partial charge in [-0.05, 0) is 68.9 Å². The van der Waals surface area contributed by atoms with E-state index in [1.165, 1.54) is 24.3 Å². The van der Waals surface area contributed by atoms with Gasteiger partial charge in [0, 0.05) is 45.2 Å². The number of pyridine rings is 2. The van der Waals surface area contributed by atoms with E-state index in [9.17, 15) is 22.8 Å². The van der Waals surface area contributed by atoms with E-state index < -0.39 is 62.1 Å². The molecule has 2 saturated carbocycles. The van der Waals surface area contributed by atoms with Crippen molar-refractivity contribution in [2.24, 2.45) is 11.3 Å². The lowest BCUT2D eigenvalue weighted by Crippen LogP contribution is -2.58. The number of aryl methyl sites for hydroxylation is 2. The van der Waals surface area contributed by atoms with Crippen LogP contribution in [-0.4, -0.2) is 83.6 Å². The molecular weight excluding hydrogens is 708 g/mol. The molecule has 3 N–H and O–H groups in total. The first-order chi connectivity index (χ1) is 24.4. The summed E-state index contributed by atoms with van der Waals surface area (Å²) in [5.41, 5.74) is 0.128. The fourth-order valence-corrected chi connectivity index (χ4v) is 8.41. The second kappa shape index (κ2) is 13.8. The van der Waals surface area contributed by atoms with Gasteiger partial charge in [0.2, 0.25) is 27.7 Å². The standard InChI is InChI=1S/C37H45ClN6O7S/c1-8-22-17-37(22,35(47)43-52(48,49)26-10-11-26)42-32(45)29-16-25(51-33-28-15-23(38)9-12-27(28)30(50-7)18-39-33)19-44(29)34(46)31(36(4,5)6)41-24-13-20(2)40-21(3)14-24/h8-9,12-15,18,22,25-26,29,31H,1,10-11,16-17,19H2,2-7H3,(H,40,41)(H,42,45)(H,43,47)/t22-,25-,29+,31+,37-/m1/s1. The highest BCUT2D eigenvalue weighted by atomic mass is 35.5.